The van der Waals surface area contributed by atoms with Gasteiger partial charge in [-0.1, -0.05) is 6.08 Å². The molecular weight excluding hydrogens is 100 g/mol. The van der Waals surface area contributed by atoms with E-state index in [4.69, 9.17) is 11.1 Å². The zero-order valence-corrected chi connectivity index (χ0v) is 4.78. The molecule has 0 aromatic carbocycles. The Morgan fingerprint density at radius 2 is 2.50 bits per heavy atom. The number of nitrogens with two attached hydrogens (primary N) is 1. The van der Waals surface area contributed by atoms with E-state index in [1.807, 2.05) is 6.08 Å². The van der Waals surface area contributed by atoms with Gasteiger partial charge in [-0.05, 0) is 24.8 Å². The van der Waals surface area contributed by atoms with Crippen molar-refractivity contribution in [3.63, 3.8) is 0 Å². The molecule has 0 saturated carbocycles. The third-order valence-corrected chi connectivity index (χ3v) is 1.39. The van der Waals surface area contributed by atoms with Crippen LogP contribution in [0.15, 0.2) is 11.6 Å². The summed E-state index contributed by atoms with van der Waals surface area (Å²) in [4.78, 5) is 0. The maximum atomic E-state index is 7.00. The van der Waals surface area contributed by atoms with Crippen LogP contribution in [-0.2, 0) is 0 Å². The Morgan fingerprint density at radius 3 is 2.75 bits per heavy atom. The molecular formula is C6H10N2. The van der Waals surface area contributed by atoms with Gasteiger partial charge in [-0.2, -0.15) is 0 Å². The van der Waals surface area contributed by atoms with Crippen LogP contribution in [0.4, 0.5) is 0 Å². The largest absolute Gasteiger partial charge is 0.384 e. The summed E-state index contributed by atoms with van der Waals surface area (Å²) < 4.78 is 0. The molecule has 0 radical (unpaired) electrons. The first kappa shape index (κ1) is 5.35. The van der Waals surface area contributed by atoms with Crippen molar-refractivity contribution in [1.82, 2.24) is 0 Å². The number of rotatable bonds is 1. The highest BCUT2D eigenvalue weighted by Gasteiger charge is 2.04. The minimum Gasteiger partial charge on any atom is -0.384 e. The van der Waals surface area contributed by atoms with Crippen LogP contribution >= 0.6 is 0 Å². The molecule has 0 atom stereocenters. The first-order valence-electron chi connectivity index (χ1n) is 2.84. The van der Waals surface area contributed by atoms with Crippen LogP contribution < -0.4 is 5.73 Å². The average molecular weight is 110 g/mol. The monoisotopic (exact) mass is 110 g/mol. The molecule has 3 N–H and O–H groups in total. The van der Waals surface area contributed by atoms with Gasteiger partial charge in [-0.25, -0.2) is 0 Å². The van der Waals surface area contributed by atoms with Gasteiger partial charge in [-0.15, -0.1) is 0 Å². The van der Waals surface area contributed by atoms with Crippen molar-refractivity contribution in [3.8, 4) is 0 Å². The first-order valence-corrected chi connectivity index (χ1v) is 2.84. The summed E-state index contributed by atoms with van der Waals surface area (Å²) in [5.41, 5.74) is 6.25. The normalized spacial score (nSPS) is 18.2. The van der Waals surface area contributed by atoms with E-state index >= 15 is 0 Å². The van der Waals surface area contributed by atoms with Gasteiger partial charge in [-0.3, -0.25) is 5.41 Å². The highest BCUT2D eigenvalue weighted by Crippen LogP contribution is 2.16. The van der Waals surface area contributed by atoms with E-state index in [2.05, 4.69) is 0 Å². The van der Waals surface area contributed by atoms with E-state index in [0.717, 1.165) is 18.4 Å². The van der Waals surface area contributed by atoms with Crippen LogP contribution in [0.1, 0.15) is 19.3 Å². The van der Waals surface area contributed by atoms with E-state index < -0.39 is 0 Å². The summed E-state index contributed by atoms with van der Waals surface area (Å²) in [7, 11) is 0. The Bertz CT molecular complexity index is 135. The summed E-state index contributed by atoms with van der Waals surface area (Å²) in [5, 5.41) is 7.00. The third-order valence-electron chi connectivity index (χ3n) is 1.39. The van der Waals surface area contributed by atoms with Gasteiger partial charge in [0.1, 0.15) is 5.84 Å². The zero-order valence-electron chi connectivity index (χ0n) is 4.78. The highest BCUT2D eigenvalue weighted by molar-refractivity contribution is 5.94. The number of allylic oxidation sites excluding steroid dienone is 1. The Hall–Kier alpha value is -0.790. The zero-order chi connectivity index (χ0) is 5.98. The lowest BCUT2D eigenvalue weighted by Gasteiger charge is -1.93. The standard InChI is InChI=1S/C6H10N2/c7-6(8)5-3-1-2-4-5/h3H,1-2,4H2,(H3,7,8). The van der Waals surface area contributed by atoms with Gasteiger partial charge in [0.25, 0.3) is 0 Å². The van der Waals surface area contributed by atoms with Crippen molar-refractivity contribution in [2.75, 3.05) is 0 Å². The maximum Gasteiger partial charge on any atom is 0.118 e. The lowest BCUT2D eigenvalue weighted by Crippen LogP contribution is -2.10. The van der Waals surface area contributed by atoms with Crippen molar-refractivity contribution in [2.24, 2.45) is 5.73 Å². The molecule has 1 rings (SSSR count). The van der Waals surface area contributed by atoms with Crippen LogP contribution in [-0.4, -0.2) is 5.84 Å². The number of hydrogen-bond donors (Lipinski definition) is 2. The average Bonchev–Trinajstić information content (AvgIpc) is 2.12. The lowest BCUT2D eigenvalue weighted by molar-refractivity contribution is 0.918. The van der Waals surface area contributed by atoms with Gasteiger partial charge < -0.3 is 5.73 Å². The summed E-state index contributed by atoms with van der Waals surface area (Å²) in [6.07, 6.45) is 5.33. The molecule has 0 heterocycles. The fourth-order valence-electron chi connectivity index (χ4n) is 0.915. The first-order chi connectivity index (χ1) is 3.80. The summed E-state index contributed by atoms with van der Waals surface area (Å²) in [5.74, 6) is 0.252. The van der Waals surface area contributed by atoms with Gasteiger partial charge in [0.05, 0.1) is 0 Å². The van der Waals surface area contributed by atoms with Crippen molar-refractivity contribution in [3.05, 3.63) is 11.6 Å². The lowest BCUT2D eigenvalue weighted by atomic mass is 10.2. The summed E-state index contributed by atoms with van der Waals surface area (Å²) in [6.45, 7) is 0. The van der Waals surface area contributed by atoms with E-state index in [9.17, 15) is 0 Å². The molecule has 1 aliphatic carbocycles. The highest BCUT2D eigenvalue weighted by atomic mass is 14.7. The van der Waals surface area contributed by atoms with E-state index in [1.54, 1.807) is 0 Å². The molecule has 1 aliphatic rings. The molecule has 44 valence electrons. The van der Waals surface area contributed by atoms with E-state index in [0.29, 0.717) is 0 Å². The Morgan fingerprint density at radius 1 is 1.75 bits per heavy atom. The SMILES string of the molecule is N=C(N)C1=CCCC1. The third kappa shape index (κ3) is 0.886. The predicted molar refractivity (Wildman–Crippen MR) is 33.8 cm³/mol. The molecule has 0 aromatic rings. The van der Waals surface area contributed by atoms with Crippen molar-refractivity contribution in [2.45, 2.75) is 19.3 Å². The Balaban J connectivity index is 2.57. The Kier molecular flexibility index (Phi) is 1.33. The minimum absolute atomic E-state index is 0.252. The summed E-state index contributed by atoms with van der Waals surface area (Å²) >= 11 is 0. The van der Waals surface area contributed by atoms with Gasteiger partial charge in [0.15, 0.2) is 0 Å². The molecule has 0 spiro atoms. The van der Waals surface area contributed by atoms with Crippen LogP contribution in [0, 0.1) is 5.41 Å². The fraction of sp³-hybridized carbons (Fsp3) is 0.500. The number of amidine groups is 1. The quantitative estimate of drug-likeness (QED) is 0.384. The van der Waals surface area contributed by atoms with Crippen molar-refractivity contribution < 1.29 is 0 Å². The van der Waals surface area contributed by atoms with Gasteiger partial charge in [0, 0.05) is 0 Å². The molecule has 0 aliphatic heterocycles. The van der Waals surface area contributed by atoms with Crippen LogP contribution in [0.3, 0.4) is 0 Å². The fourth-order valence-corrected chi connectivity index (χ4v) is 0.915. The van der Waals surface area contributed by atoms with Gasteiger partial charge in [0.2, 0.25) is 0 Å². The van der Waals surface area contributed by atoms with Crippen molar-refractivity contribution >= 4 is 5.84 Å². The second-order valence-electron chi connectivity index (χ2n) is 2.04. The maximum absolute atomic E-state index is 7.00. The number of nitrogens with one attached hydrogen (secondary N) is 1. The van der Waals surface area contributed by atoms with E-state index in [-0.39, 0.29) is 5.84 Å². The molecule has 0 bridgehead atoms. The topological polar surface area (TPSA) is 49.9 Å². The van der Waals surface area contributed by atoms with Crippen LogP contribution in [0.5, 0.6) is 0 Å². The van der Waals surface area contributed by atoms with Gasteiger partial charge >= 0.3 is 0 Å². The molecule has 0 unspecified atom stereocenters. The molecule has 0 aromatic heterocycles. The predicted octanol–water partition coefficient (Wildman–Crippen LogP) is 1.03. The van der Waals surface area contributed by atoms with Crippen molar-refractivity contribution in [1.29, 1.82) is 5.41 Å². The number of hydrogen-bond acceptors (Lipinski definition) is 1. The summed E-state index contributed by atoms with van der Waals surface area (Å²) in [6, 6.07) is 0. The molecule has 0 saturated heterocycles. The Labute approximate surface area is 48.9 Å². The smallest absolute Gasteiger partial charge is 0.118 e. The van der Waals surface area contributed by atoms with E-state index in [1.165, 1.54) is 6.42 Å². The molecule has 2 nitrogen and oxygen atoms in total. The molecule has 8 heavy (non-hydrogen) atoms. The molecule has 0 fully saturated rings. The molecule has 0 amide bonds. The van der Waals surface area contributed by atoms with Crippen LogP contribution in [0.2, 0.25) is 0 Å². The second-order valence-corrected chi connectivity index (χ2v) is 2.04. The minimum atomic E-state index is 0.252. The van der Waals surface area contributed by atoms with Crippen LogP contribution in [0.25, 0.3) is 0 Å². The second kappa shape index (κ2) is 1.99. The molecule has 2 heteroatoms.